The van der Waals surface area contributed by atoms with Gasteiger partial charge in [0, 0.05) is 20.0 Å². The first kappa shape index (κ1) is 18.4. The standard InChI is InChI=1S/C14H18N5O7P/c1-7-16-17(2)8-3-4-15-13-10(8)18(7)6-19(13)14-12(21)11(20)9(26-14)5-25-27(22,23)24/h3-4,6,9,11-12,14,20-21H,5H2,1-2H3,(H-,22,23,24)/p+1/t9-,11-,12?,14-/m1/s1. The summed E-state index contributed by atoms with van der Waals surface area (Å²) in [6.45, 7) is 1.24. The summed E-state index contributed by atoms with van der Waals surface area (Å²) in [4.78, 5) is 22.0. The highest BCUT2D eigenvalue weighted by atomic mass is 31.2. The van der Waals surface area contributed by atoms with E-state index in [-0.39, 0.29) is 0 Å². The Hall–Kier alpha value is -1.92. The minimum absolute atomic E-state index is 0.501. The molecule has 0 saturated carbocycles. The van der Waals surface area contributed by atoms with Gasteiger partial charge in [0.2, 0.25) is 11.7 Å². The molecule has 12 nitrogen and oxygen atoms in total. The van der Waals surface area contributed by atoms with Crippen LogP contribution in [0, 0.1) is 0 Å². The number of anilines is 1. The molecule has 0 bridgehead atoms. The van der Waals surface area contributed by atoms with Gasteiger partial charge in [0.05, 0.1) is 6.61 Å². The van der Waals surface area contributed by atoms with Crippen LogP contribution in [0.3, 0.4) is 0 Å². The number of hydrogen-bond acceptors (Lipinski definition) is 8. The SMILES string of the molecule is CC1=NN(C)c2ccnc3c2n1c[n+]3[C@@H]1O[C@H](COP(=O)(O)O)[C@@H](O)C1O. The Balaban J connectivity index is 1.72. The van der Waals surface area contributed by atoms with E-state index in [0.29, 0.717) is 11.5 Å². The summed E-state index contributed by atoms with van der Waals surface area (Å²) in [5.41, 5.74) is 2.06. The summed E-state index contributed by atoms with van der Waals surface area (Å²) < 4.78 is 24.3. The van der Waals surface area contributed by atoms with Crippen molar-refractivity contribution >= 4 is 30.5 Å². The molecule has 4 N–H and O–H groups in total. The zero-order valence-corrected chi connectivity index (χ0v) is 15.3. The highest BCUT2D eigenvalue weighted by Gasteiger charge is 2.48. The van der Waals surface area contributed by atoms with Crippen LogP contribution in [-0.4, -0.2) is 67.4 Å². The van der Waals surface area contributed by atoms with E-state index in [1.807, 2.05) is 6.92 Å². The van der Waals surface area contributed by atoms with Crippen molar-refractivity contribution in [2.24, 2.45) is 5.10 Å². The molecule has 2 aromatic heterocycles. The smallest absolute Gasteiger partial charge is 0.387 e. The minimum Gasteiger partial charge on any atom is -0.387 e. The Morgan fingerprint density at radius 1 is 1.37 bits per heavy atom. The molecular weight excluding hydrogens is 381 g/mol. The molecule has 0 amide bonds. The fourth-order valence-electron chi connectivity index (χ4n) is 3.37. The Labute approximate surface area is 153 Å². The normalized spacial score (nSPS) is 28.1. The second kappa shape index (κ2) is 6.31. The molecule has 4 rings (SSSR count). The van der Waals surface area contributed by atoms with Crippen molar-refractivity contribution in [1.82, 2.24) is 9.55 Å². The molecular formula is C14H19N5O7P+. The Morgan fingerprint density at radius 3 is 2.81 bits per heavy atom. The molecule has 1 fully saturated rings. The van der Waals surface area contributed by atoms with Gasteiger partial charge in [0.15, 0.2) is 12.2 Å². The third-order valence-electron chi connectivity index (χ3n) is 4.62. The molecule has 2 aromatic rings. The van der Waals surface area contributed by atoms with Gasteiger partial charge in [-0.1, -0.05) is 0 Å². The third kappa shape index (κ3) is 3.05. The van der Waals surface area contributed by atoms with Crippen molar-refractivity contribution in [1.29, 1.82) is 0 Å². The minimum atomic E-state index is -4.73. The summed E-state index contributed by atoms with van der Waals surface area (Å²) in [6.07, 6.45) is -1.63. The van der Waals surface area contributed by atoms with Crippen LogP contribution in [0.4, 0.5) is 5.69 Å². The van der Waals surface area contributed by atoms with E-state index in [2.05, 4.69) is 14.6 Å². The van der Waals surface area contributed by atoms with Gasteiger partial charge >= 0.3 is 13.5 Å². The third-order valence-corrected chi connectivity index (χ3v) is 5.10. The van der Waals surface area contributed by atoms with Crippen LogP contribution in [0.25, 0.3) is 11.2 Å². The number of aliphatic hydroxyl groups excluding tert-OH is 2. The van der Waals surface area contributed by atoms with Crippen molar-refractivity contribution in [3.05, 3.63) is 18.6 Å². The summed E-state index contributed by atoms with van der Waals surface area (Å²) >= 11 is 0. The molecule has 4 heterocycles. The summed E-state index contributed by atoms with van der Waals surface area (Å²) in [6, 6.07) is 1.80. The van der Waals surface area contributed by atoms with Gasteiger partial charge < -0.3 is 24.7 Å². The van der Waals surface area contributed by atoms with E-state index >= 15 is 0 Å². The quantitative estimate of drug-likeness (QED) is 0.362. The maximum Gasteiger partial charge on any atom is 0.469 e. The van der Waals surface area contributed by atoms with Gasteiger partial charge in [-0.3, -0.25) is 9.53 Å². The lowest BCUT2D eigenvalue weighted by molar-refractivity contribution is -0.745. The van der Waals surface area contributed by atoms with Crippen molar-refractivity contribution in [2.45, 2.75) is 31.5 Å². The first-order valence-electron chi connectivity index (χ1n) is 8.09. The fourth-order valence-corrected chi connectivity index (χ4v) is 3.71. The second-order valence-corrected chi connectivity index (χ2v) is 7.64. The number of nitrogens with zero attached hydrogens (tertiary/aromatic N) is 5. The molecule has 1 saturated heterocycles. The van der Waals surface area contributed by atoms with E-state index in [1.165, 1.54) is 0 Å². The predicted molar refractivity (Wildman–Crippen MR) is 90.8 cm³/mol. The largest absolute Gasteiger partial charge is 0.469 e. The van der Waals surface area contributed by atoms with Crippen LogP contribution >= 0.6 is 7.82 Å². The average molecular weight is 400 g/mol. The van der Waals surface area contributed by atoms with Crippen LogP contribution in [0.1, 0.15) is 13.2 Å². The van der Waals surface area contributed by atoms with Gasteiger partial charge in [-0.15, -0.1) is 10.1 Å². The van der Waals surface area contributed by atoms with Crippen LogP contribution in [-0.2, 0) is 13.8 Å². The lowest BCUT2D eigenvalue weighted by Crippen LogP contribution is -2.46. The van der Waals surface area contributed by atoms with E-state index < -0.39 is 39.0 Å². The zero-order valence-electron chi connectivity index (χ0n) is 14.4. The number of rotatable bonds is 4. The highest BCUT2D eigenvalue weighted by molar-refractivity contribution is 7.46. The number of aliphatic hydroxyl groups is 2. The predicted octanol–water partition coefficient (Wildman–Crippen LogP) is -1.32. The van der Waals surface area contributed by atoms with Gasteiger partial charge in [-0.2, -0.15) is 0 Å². The van der Waals surface area contributed by atoms with Gasteiger partial charge in [-0.25, -0.2) is 13.7 Å². The topological polar surface area (TPSA) is 154 Å². The number of imidazole rings is 1. The Morgan fingerprint density at radius 2 is 2.11 bits per heavy atom. The van der Waals surface area contributed by atoms with Crippen LogP contribution in [0.2, 0.25) is 0 Å². The Bertz CT molecular complexity index is 972. The number of hydrazone groups is 1. The molecule has 27 heavy (non-hydrogen) atoms. The molecule has 13 heteroatoms. The van der Waals surface area contributed by atoms with E-state index in [4.69, 9.17) is 14.5 Å². The number of aromatic nitrogens is 3. The molecule has 146 valence electrons. The van der Waals surface area contributed by atoms with Crippen molar-refractivity contribution in [3.63, 3.8) is 0 Å². The number of ether oxygens (including phenoxy) is 1. The van der Waals surface area contributed by atoms with E-state index in [0.717, 1.165) is 11.2 Å². The Kier molecular flexibility index (Phi) is 4.31. The lowest BCUT2D eigenvalue weighted by atomic mass is 10.1. The second-order valence-electron chi connectivity index (χ2n) is 6.40. The van der Waals surface area contributed by atoms with Crippen molar-refractivity contribution in [3.8, 4) is 0 Å². The summed E-state index contributed by atoms with van der Waals surface area (Å²) in [5.74, 6) is 0.677. The molecule has 0 radical (unpaired) electrons. The summed E-state index contributed by atoms with van der Waals surface area (Å²) in [7, 11) is -2.92. The molecule has 1 unspecified atom stereocenters. The van der Waals surface area contributed by atoms with E-state index in [9.17, 15) is 14.8 Å². The maximum absolute atomic E-state index is 10.9. The highest BCUT2D eigenvalue weighted by Crippen LogP contribution is 2.38. The van der Waals surface area contributed by atoms with Gasteiger partial charge in [0.25, 0.3) is 0 Å². The molecule has 0 aliphatic carbocycles. The van der Waals surface area contributed by atoms with E-state index in [1.54, 1.807) is 39.8 Å². The number of pyridine rings is 1. The first-order valence-corrected chi connectivity index (χ1v) is 9.62. The van der Waals surface area contributed by atoms with Gasteiger partial charge in [-0.05, 0) is 0 Å². The van der Waals surface area contributed by atoms with Crippen LogP contribution in [0.5, 0.6) is 0 Å². The van der Waals surface area contributed by atoms with Crippen molar-refractivity contribution < 1.29 is 38.4 Å². The fraction of sp³-hybridized carbons (Fsp3) is 0.500. The van der Waals surface area contributed by atoms with Crippen LogP contribution in [0.15, 0.2) is 23.7 Å². The summed E-state index contributed by atoms with van der Waals surface area (Å²) in [5, 5.41) is 26.8. The maximum atomic E-state index is 10.9. The molecule has 2 aliphatic heterocycles. The van der Waals surface area contributed by atoms with Crippen LogP contribution < -0.4 is 9.58 Å². The average Bonchev–Trinajstić information content (AvgIpc) is 3.11. The van der Waals surface area contributed by atoms with Crippen molar-refractivity contribution in [2.75, 3.05) is 18.7 Å². The lowest BCUT2D eigenvalue weighted by Gasteiger charge is -2.17. The number of phosphoric acid groups is 1. The number of phosphoric ester groups is 1. The molecule has 2 aliphatic rings. The van der Waals surface area contributed by atoms with Gasteiger partial charge in [0.1, 0.15) is 30.2 Å². The molecule has 0 aromatic carbocycles. The molecule has 4 atom stereocenters. The monoisotopic (exact) mass is 400 g/mol. The first-order chi connectivity index (χ1) is 12.7. The zero-order chi connectivity index (χ0) is 19.5. The number of hydrogen-bond donors (Lipinski definition) is 4. The molecule has 0 spiro atoms.